The van der Waals surface area contributed by atoms with Crippen LogP contribution in [0.15, 0.2) is 21.7 Å². The van der Waals surface area contributed by atoms with Gasteiger partial charge in [-0.15, -0.1) is 0 Å². The second kappa shape index (κ2) is 9.62. The number of aromatic nitrogens is 2. The summed E-state index contributed by atoms with van der Waals surface area (Å²) < 4.78 is 65.9. The molecular weight excluding hydrogens is 450 g/mol. The molecule has 1 aromatic heterocycles. The van der Waals surface area contributed by atoms with E-state index in [1.165, 1.54) is 13.8 Å². The Morgan fingerprint density at radius 3 is 2.32 bits per heavy atom. The Morgan fingerprint density at radius 1 is 1.19 bits per heavy atom. The van der Waals surface area contributed by atoms with E-state index in [0.717, 1.165) is 16.7 Å². The Bertz CT molecular complexity index is 1120. The monoisotopic (exact) mass is 469 g/mol. The van der Waals surface area contributed by atoms with E-state index < -0.39 is 60.6 Å². The number of ether oxygens (including phenoxy) is 1. The third kappa shape index (κ3) is 6.15. The van der Waals surface area contributed by atoms with Crippen molar-refractivity contribution in [3.63, 3.8) is 0 Å². The summed E-state index contributed by atoms with van der Waals surface area (Å²) >= 11 is 0. The van der Waals surface area contributed by atoms with Gasteiger partial charge in [-0.05, 0) is 13.8 Å². The molecule has 1 aromatic carbocycles. The van der Waals surface area contributed by atoms with Gasteiger partial charge in [0.2, 0.25) is 0 Å². The second-order valence-electron chi connectivity index (χ2n) is 6.08. The molecule has 0 aliphatic heterocycles. The van der Waals surface area contributed by atoms with Crippen LogP contribution in [-0.4, -0.2) is 40.5 Å². The molecule has 1 heterocycles. The van der Waals surface area contributed by atoms with Gasteiger partial charge in [-0.1, -0.05) is 0 Å². The fraction of sp³-hybridized carbons (Fsp3) is 0.500. The Hall–Kier alpha value is -2.70. The lowest BCUT2D eigenvalue weighted by molar-refractivity contribution is -0.385. The standard InChI is InChI=1S/C16H19F3N3O8P/c1-3-29-31(27,30-4-2)9-21-11-8-13(28-6-5-16(17,18)19)12(22(25)26)7-10(11)20-14(23)15(21)24/h7-8H,3-6,9H2,1-2H3,(H,20,23). The van der Waals surface area contributed by atoms with E-state index in [2.05, 4.69) is 4.98 Å². The van der Waals surface area contributed by atoms with Gasteiger partial charge in [-0.3, -0.25) is 28.8 Å². The normalized spacial score (nSPS) is 12.3. The SMILES string of the molecule is CCOP(=O)(Cn1c(=O)c(=O)[nH]c2cc([N+](=O)[O-])c(OCCC(F)(F)F)cc21)OCC. The zero-order chi connectivity index (χ0) is 23.4. The van der Waals surface area contributed by atoms with Crippen molar-refractivity contribution in [1.82, 2.24) is 9.55 Å². The number of hydrogen-bond donors (Lipinski definition) is 1. The number of hydrogen-bond acceptors (Lipinski definition) is 8. The number of nitrogens with zero attached hydrogens (tertiary/aromatic N) is 2. The molecule has 0 fully saturated rings. The number of fused-ring (bicyclic) bond motifs is 1. The Morgan fingerprint density at radius 2 is 1.81 bits per heavy atom. The molecule has 0 saturated carbocycles. The van der Waals surface area contributed by atoms with Crippen molar-refractivity contribution >= 4 is 24.3 Å². The largest absolute Gasteiger partial charge is 0.486 e. The minimum Gasteiger partial charge on any atom is -0.486 e. The second-order valence-corrected chi connectivity index (χ2v) is 8.10. The van der Waals surface area contributed by atoms with E-state index >= 15 is 0 Å². The number of nitro groups is 1. The molecule has 0 amide bonds. The predicted molar refractivity (Wildman–Crippen MR) is 103 cm³/mol. The fourth-order valence-corrected chi connectivity index (χ4v) is 4.30. The summed E-state index contributed by atoms with van der Waals surface area (Å²) in [5.41, 5.74) is -3.42. The van der Waals surface area contributed by atoms with Crippen molar-refractivity contribution in [2.24, 2.45) is 0 Å². The highest BCUT2D eigenvalue weighted by molar-refractivity contribution is 7.52. The van der Waals surface area contributed by atoms with E-state index in [-0.39, 0.29) is 24.2 Å². The molecule has 0 unspecified atom stereocenters. The van der Waals surface area contributed by atoms with Gasteiger partial charge in [-0.25, -0.2) is 0 Å². The Kier molecular flexibility index (Phi) is 7.63. The molecule has 1 N–H and O–H groups in total. The maximum atomic E-state index is 12.9. The van der Waals surface area contributed by atoms with E-state index in [0.29, 0.717) is 0 Å². The molecule has 0 spiro atoms. The predicted octanol–water partition coefficient (Wildman–Crippen LogP) is 3.15. The summed E-state index contributed by atoms with van der Waals surface area (Å²) in [6, 6.07) is 1.76. The first-order chi connectivity index (χ1) is 14.4. The van der Waals surface area contributed by atoms with Gasteiger partial charge in [0, 0.05) is 12.1 Å². The Balaban J connectivity index is 2.66. The van der Waals surface area contributed by atoms with Crippen LogP contribution in [0.2, 0.25) is 0 Å². The number of nitro benzene ring substituents is 1. The fourth-order valence-electron chi connectivity index (χ4n) is 2.65. The van der Waals surface area contributed by atoms with Gasteiger partial charge < -0.3 is 18.8 Å². The molecule has 0 radical (unpaired) electrons. The van der Waals surface area contributed by atoms with Gasteiger partial charge in [0.1, 0.15) is 6.29 Å². The summed E-state index contributed by atoms with van der Waals surface area (Å²) in [6.07, 6.45) is -6.63. The van der Waals surface area contributed by atoms with Crippen LogP contribution in [0.3, 0.4) is 0 Å². The van der Waals surface area contributed by atoms with E-state index in [9.17, 15) is 37.4 Å². The van der Waals surface area contributed by atoms with Gasteiger partial charge >= 0.3 is 30.6 Å². The van der Waals surface area contributed by atoms with E-state index in [4.69, 9.17) is 13.8 Å². The van der Waals surface area contributed by atoms with Crippen LogP contribution in [0, 0.1) is 10.1 Å². The van der Waals surface area contributed by atoms with Crippen LogP contribution in [0.1, 0.15) is 20.3 Å². The lowest BCUT2D eigenvalue weighted by Crippen LogP contribution is -2.36. The van der Waals surface area contributed by atoms with Crippen LogP contribution in [-0.2, 0) is 19.9 Å². The lowest BCUT2D eigenvalue weighted by Gasteiger charge is -2.19. The van der Waals surface area contributed by atoms with Crippen LogP contribution in [0.5, 0.6) is 5.75 Å². The molecule has 0 atom stereocenters. The van der Waals surface area contributed by atoms with Gasteiger partial charge in [0.25, 0.3) is 0 Å². The molecular formula is C16H19F3N3O8P. The highest BCUT2D eigenvalue weighted by Crippen LogP contribution is 2.49. The number of benzene rings is 1. The number of aromatic amines is 1. The van der Waals surface area contributed by atoms with Gasteiger partial charge in [-0.2, -0.15) is 13.2 Å². The molecule has 0 aliphatic carbocycles. The van der Waals surface area contributed by atoms with Crippen molar-refractivity contribution < 1.29 is 36.4 Å². The molecule has 172 valence electrons. The quantitative estimate of drug-likeness (QED) is 0.242. The lowest BCUT2D eigenvalue weighted by atomic mass is 10.2. The topological polar surface area (TPSA) is 143 Å². The maximum absolute atomic E-state index is 12.9. The molecule has 11 nitrogen and oxygen atoms in total. The zero-order valence-corrected chi connectivity index (χ0v) is 17.3. The highest BCUT2D eigenvalue weighted by Gasteiger charge is 2.29. The molecule has 2 rings (SSSR count). The summed E-state index contributed by atoms with van der Waals surface area (Å²) in [4.78, 5) is 37.0. The first-order valence-corrected chi connectivity index (χ1v) is 10.7. The first-order valence-electron chi connectivity index (χ1n) is 8.93. The maximum Gasteiger partial charge on any atom is 0.392 e. The highest BCUT2D eigenvalue weighted by atomic mass is 31.2. The first kappa shape index (κ1) is 24.6. The Labute approximate surface area is 172 Å². The molecule has 0 saturated heterocycles. The van der Waals surface area contributed by atoms with Crippen molar-refractivity contribution in [3.8, 4) is 5.75 Å². The number of nitrogens with one attached hydrogen (secondary N) is 1. The number of H-pyrrole nitrogens is 1. The third-order valence-electron chi connectivity index (χ3n) is 3.86. The summed E-state index contributed by atoms with van der Waals surface area (Å²) in [7, 11) is -3.89. The minimum absolute atomic E-state index is 0.0373. The average Bonchev–Trinajstić information content (AvgIpc) is 2.64. The van der Waals surface area contributed by atoms with Crippen LogP contribution in [0.25, 0.3) is 11.0 Å². The number of alkyl halides is 3. The third-order valence-corrected chi connectivity index (χ3v) is 5.79. The van der Waals surface area contributed by atoms with Crippen molar-refractivity contribution in [1.29, 1.82) is 0 Å². The van der Waals surface area contributed by atoms with Crippen LogP contribution < -0.4 is 15.9 Å². The van der Waals surface area contributed by atoms with Crippen molar-refractivity contribution in [2.75, 3.05) is 19.8 Å². The van der Waals surface area contributed by atoms with Crippen molar-refractivity contribution in [3.05, 3.63) is 43.0 Å². The van der Waals surface area contributed by atoms with Crippen LogP contribution >= 0.6 is 7.60 Å². The van der Waals surface area contributed by atoms with Gasteiger partial charge in [0.05, 0.1) is 42.2 Å². The zero-order valence-electron chi connectivity index (χ0n) is 16.4. The van der Waals surface area contributed by atoms with Gasteiger partial charge in [0.15, 0.2) is 5.75 Å². The average molecular weight is 469 g/mol. The molecule has 2 aromatic rings. The summed E-state index contributed by atoms with van der Waals surface area (Å²) in [6.45, 7) is 2.06. The molecule has 31 heavy (non-hydrogen) atoms. The number of rotatable bonds is 10. The van der Waals surface area contributed by atoms with Crippen molar-refractivity contribution in [2.45, 2.75) is 32.7 Å². The van der Waals surface area contributed by atoms with Crippen LogP contribution in [0.4, 0.5) is 18.9 Å². The number of halogens is 3. The smallest absolute Gasteiger partial charge is 0.392 e. The van der Waals surface area contributed by atoms with E-state index in [1.54, 1.807) is 0 Å². The minimum atomic E-state index is -4.55. The molecule has 0 bridgehead atoms. The van der Waals surface area contributed by atoms with E-state index in [1.807, 2.05) is 0 Å². The molecule has 15 heteroatoms. The summed E-state index contributed by atoms with van der Waals surface area (Å²) in [5, 5.41) is 11.3. The molecule has 0 aliphatic rings. The summed E-state index contributed by atoms with van der Waals surface area (Å²) in [5.74, 6) is -0.565.